The summed E-state index contributed by atoms with van der Waals surface area (Å²) in [5.74, 6) is -0.353. The SMILES string of the molecule is CCS[C@@H]1O[C@@H]2CO[Si](C(C)C)(C(C)C)O[Si](C(C)C)(C(C)C)O[C@H]2[C@H](OC(=O)c2ccccc2)[C@H]1OC(=O)c1ccccc1. The fraction of sp³-hybridized carbons (Fsp3) is 0.588. The Morgan fingerprint density at radius 2 is 1.22 bits per heavy atom. The van der Waals surface area contributed by atoms with Crippen molar-refractivity contribution in [2.24, 2.45) is 0 Å². The van der Waals surface area contributed by atoms with Gasteiger partial charge in [0.1, 0.15) is 17.6 Å². The second-order valence-corrected chi connectivity index (χ2v) is 23.2. The predicted octanol–water partition coefficient (Wildman–Crippen LogP) is 7.87. The van der Waals surface area contributed by atoms with Gasteiger partial charge in [-0.15, -0.1) is 11.8 Å². The summed E-state index contributed by atoms with van der Waals surface area (Å²) >= 11 is 1.51. The molecule has 2 saturated heterocycles. The zero-order chi connectivity index (χ0) is 32.9. The highest BCUT2D eigenvalue weighted by Gasteiger charge is 2.62. The predicted molar refractivity (Wildman–Crippen MR) is 182 cm³/mol. The number of fused-ring (bicyclic) bond motifs is 1. The Hall–Kier alpha value is -2.00. The summed E-state index contributed by atoms with van der Waals surface area (Å²) in [6.07, 6.45) is -3.29. The van der Waals surface area contributed by atoms with Crippen molar-refractivity contribution >= 4 is 40.8 Å². The zero-order valence-electron chi connectivity index (χ0n) is 28.1. The molecule has 2 heterocycles. The van der Waals surface area contributed by atoms with Crippen molar-refractivity contribution in [2.75, 3.05) is 12.4 Å². The molecule has 8 nitrogen and oxygen atoms in total. The Bertz CT molecular complexity index is 1240. The quantitative estimate of drug-likeness (QED) is 0.185. The zero-order valence-corrected chi connectivity index (χ0v) is 30.9. The summed E-state index contributed by atoms with van der Waals surface area (Å²) in [6.45, 7) is 19.5. The van der Waals surface area contributed by atoms with Gasteiger partial charge >= 0.3 is 29.1 Å². The molecule has 0 spiro atoms. The first-order valence-electron chi connectivity index (χ1n) is 16.2. The minimum Gasteiger partial charge on any atom is -0.452 e. The Kier molecular flexibility index (Phi) is 12.2. The Morgan fingerprint density at radius 3 is 1.67 bits per heavy atom. The van der Waals surface area contributed by atoms with Crippen LogP contribution in [0.3, 0.4) is 0 Å². The summed E-state index contributed by atoms with van der Waals surface area (Å²) in [6, 6.07) is 17.7. The maximum Gasteiger partial charge on any atom is 0.338 e. The molecule has 2 aromatic rings. The molecule has 2 aliphatic rings. The second-order valence-electron chi connectivity index (χ2n) is 13.0. The summed E-state index contributed by atoms with van der Waals surface area (Å²) in [7, 11) is -5.95. The first-order valence-corrected chi connectivity index (χ1v) is 21.2. The van der Waals surface area contributed by atoms with Crippen LogP contribution >= 0.6 is 11.8 Å². The maximum atomic E-state index is 13.7. The van der Waals surface area contributed by atoms with Crippen molar-refractivity contribution < 1.29 is 36.8 Å². The van der Waals surface area contributed by atoms with Gasteiger partial charge in [-0.3, -0.25) is 0 Å². The number of hydrogen-bond acceptors (Lipinski definition) is 9. The van der Waals surface area contributed by atoms with Crippen molar-refractivity contribution in [1.29, 1.82) is 0 Å². The van der Waals surface area contributed by atoms with E-state index in [-0.39, 0.29) is 28.8 Å². The molecule has 2 aromatic carbocycles. The summed E-state index contributed by atoms with van der Waals surface area (Å²) in [5.41, 5.74) is 0.597. The van der Waals surface area contributed by atoms with Crippen molar-refractivity contribution in [2.45, 2.75) is 114 Å². The molecular formula is C34H50O8SSi2. The summed E-state index contributed by atoms with van der Waals surface area (Å²) < 4.78 is 41.0. The van der Waals surface area contributed by atoms with Gasteiger partial charge in [-0.1, -0.05) is 98.7 Å². The number of ether oxygens (including phenoxy) is 3. The Morgan fingerprint density at radius 1 is 0.756 bits per heavy atom. The number of carbonyl (C=O) groups excluding carboxylic acids is 2. The van der Waals surface area contributed by atoms with Crippen LogP contribution in [0, 0.1) is 0 Å². The molecule has 0 N–H and O–H groups in total. The molecule has 11 heteroatoms. The third-order valence-electron chi connectivity index (χ3n) is 8.76. The van der Waals surface area contributed by atoms with E-state index in [9.17, 15) is 9.59 Å². The lowest BCUT2D eigenvalue weighted by Gasteiger charge is -2.55. The highest BCUT2D eigenvalue weighted by Crippen LogP contribution is 2.48. The van der Waals surface area contributed by atoms with E-state index >= 15 is 0 Å². The van der Waals surface area contributed by atoms with Gasteiger partial charge < -0.3 is 27.2 Å². The van der Waals surface area contributed by atoms with Crippen LogP contribution in [0.4, 0.5) is 0 Å². The summed E-state index contributed by atoms with van der Waals surface area (Å²) in [4.78, 5) is 27.2. The molecule has 45 heavy (non-hydrogen) atoms. The van der Waals surface area contributed by atoms with E-state index in [1.165, 1.54) is 11.8 Å². The van der Waals surface area contributed by atoms with E-state index in [4.69, 9.17) is 27.2 Å². The molecule has 4 rings (SSSR count). The van der Waals surface area contributed by atoms with Gasteiger partial charge in [0.05, 0.1) is 17.7 Å². The molecule has 0 saturated carbocycles. The number of benzene rings is 2. The van der Waals surface area contributed by atoms with Crippen LogP contribution in [-0.4, -0.2) is 71.3 Å². The molecule has 0 radical (unpaired) electrons. The van der Waals surface area contributed by atoms with Gasteiger partial charge in [0.15, 0.2) is 12.2 Å². The first-order chi connectivity index (χ1) is 21.4. The third kappa shape index (κ3) is 7.61. The van der Waals surface area contributed by atoms with E-state index in [0.29, 0.717) is 16.9 Å². The number of carbonyl (C=O) groups is 2. The first kappa shape index (κ1) is 35.9. The van der Waals surface area contributed by atoms with E-state index in [1.807, 2.05) is 19.1 Å². The fourth-order valence-electron chi connectivity index (χ4n) is 6.38. The molecule has 248 valence electrons. The average Bonchev–Trinajstić information content (AvgIpc) is 3.00. The van der Waals surface area contributed by atoms with Gasteiger partial charge in [-0.05, 0) is 52.2 Å². The normalized spacial score (nSPS) is 26.3. The highest BCUT2D eigenvalue weighted by molar-refractivity contribution is 7.99. The van der Waals surface area contributed by atoms with Crippen molar-refractivity contribution in [3.63, 3.8) is 0 Å². The molecule has 0 aromatic heterocycles. The van der Waals surface area contributed by atoms with E-state index in [2.05, 4.69) is 55.4 Å². The van der Waals surface area contributed by atoms with Gasteiger partial charge in [0, 0.05) is 0 Å². The fourth-order valence-corrected chi connectivity index (χ4v) is 18.5. The maximum absolute atomic E-state index is 13.7. The van der Waals surface area contributed by atoms with Crippen molar-refractivity contribution in [3.05, 3.63) is 71.8 Å². The molecule has 2 aliphatic heterocycles. The Balaban J connectivity index is 1.85. The smallest absolute Gasteiger partial charge is 0.338 e. The minimum atomic E-state index is -3.12. The van der Waals surface area contributed by atoms with E-state index in [0.717, 1.165) is 0 Å². The topological polar surface area (TPSA) is 89.5 Å². The number of rotatable bonds is 10. The van der Waals surface area contributed by atoms with Crippen molar-refractivity contribution in [1.82, 2.24) is 0 Å². The van der Waals surface area contributed by atoms with Crippen LogP contribution < -0.4 is 0 Å². The van der Waals surface area contributed by atoms with E-state index < -0.39 is 58.9 Å². The lowest BCUT2D eigenvalue weighted by atomic mass is 9.99. The summed E-state index contributed by atoms with van der Waals surface area (Å²) in [5, 5.41) is 0. The van der Waals surface area contributed by atoms with Crippen LogP contribution in [0.15, 0.2) is 60.7 Å². The Labute approximate surface area is 275 Å². The van der Waals surface area contributed by atoms with Crippen LogP contribution in [0.25, 0.3) is 0 Å². The van der Waals surface area contributed by atoms with Crippen LogP contribution in [-0.2, 0) is 27.2 Å². The second kappa shape index (κ2) is 15.3. The standard InChI is InChI=1S/C34H50O8SSi2/c1-10-43-34-31(40-33(36)27-19-15-12-16-20-27)30(39-32(35)26-17-13-11-14-18-26)29-28(38-34)21-37-44(22(2)3,23(4)5)42-45(41-29,24(6)7)25(8)9/h11-20,22-25,28-31,34H,10,21H2,1-9H3/t28-,29-,30+,31-,34+/m1/s1. The van der Waals surface area contributed by atoms with Gasteiger partial charge in [-0.2, -0.15) is 0 Å². The largest absolute Gasteiger partial charge is 0.452 e. The third-order valence-corrected chi connectivity index (χ3v) is 20.0. The van der Waals surface area contributed by atoms with Gasteiger partial charge in [-0.25, -0.2) is 9.59 Å². The molecule has 2 fully saturated rings. The number of esters is 2. The highest BCUT2D eigenvalue weighted by atomic mass is 32.2. The molecule has 0 unspecified atom stereocenters. The molecular weight excluding hydrogens is 625 g/mol. The minimum absolute atomic E-state index is 0.0442. The lowest BCUT2D eigenvalue weighted by Crippen LogP contribution is -2.70. The van der Waals surface area contributed by atoms with Crippen molar-refractivity contribution in [3.8, 4) is 0 Å². The molecule has 0 amide bonds. The van der Waals surface area contributed by atoms with E-state index in [1.54, 1.807) is 48.5 Å². The van der Waals surface area contributed by atoms with Crippen LogP contribution in [0.5, 0.6) is 0 Å². The number of hydrogen-bond donors (Lipinski definition) is 0. The van der Waals surface area contributed by atoms with Crippen LogP contribution in [0.1, 0.15) is 83.0 Å². The lowest BCUT2D eigenvalue weighted by molar-refractivity contribution is -0.208. The average molecular weight is 675 g/mol. The molecule has 0 aliphatic carbocycles. The number of thioether (sulfide) groups is 1. The monoisotopic (exact) mass is 674 g/mol. The van der Waals surface area contributed by atoms with Gasteiger partial charge in [0.2, 0.25) is 0 Å². The molecule has 5 atom stereocenters. The molecule has 0 bridgehead atoms. The van der Waals surface area contributed by atoms with Crippen LogP contribution in [0.2, 0.25) is 22.2 Å². The van der Waals surface area contributed by atoms with Gasteiger partial charge in [0.25, 0.3) is 0 Å².